The van der Waals surface area contributed by atoms with Crippen LogP contribution in [-0.2, 0) is 14.4 Å². The zero-order valence-electron chi connectivity index (χ0n) is 14.2. The Morgan fingerprint density at radius 2 is 2.00 bits per heavy atom. The molecule has 1 saturated heterocycles. The Morgan fingerprint density at radius 3 is 2.73 bits per heavy atom. The Bertz CT molecular complexity index is 684. The fourth-order valence-corrected chi connectivity index (χ4v) is 3.07. The van der Waals surface area contributed by atoms with Gasteiger partial charge in [0, 0.05) is 38.4 Å². The number of aliphatic hydroxyl groups is 1. The first-order chi connectivity index (χ1) is 12.0. The summed E-state index contributed by atoms with van der Waals surface area (Å²) in [6.45, 7) is 1.54. The summed E-state index contributed by atoms with van der Waals surface area (Å²) >= 11 is 0. The molecule has 2 aliphatic heterocycles. The van der Waals surface area contributed by atoms with E-state index in [0.29, 0.717) is 31.0 Å². The van der Waals surface area contributed by atoms with Gasteiger partial charge in [-0.3, -0.25) is 14.4 Å². The van der Waals surface area contributed by atoms with E-state index in [9.17, 15) is 19.5 Å². The topological polar surface area (TPSA) is 111 Å². The largest absolute Gasteiger partial charge is 0.391 e. The number of nitrogens with one attached hydrogen (secondary N) is 3. The number of aliphatic hydroxyl groups excluding tert-OH is 1. The Balaban J connectivity index is 0.00000243. The van der Waals surface area contributed by atoms with Gasteiger partial charge in [-0.1, -0.05) is 12.1 Å². The summed E-state index contributed by atoms with van der Waals surface area (Å²) in [6, 6.07) is 7.08. The lowest BCUT2D eigenvalue weighted by Gasteiger charge is -2.29. The summed E-state index contributed by atoms with van der Waals surface area (Å²) in [6.07, 6.45) is -0.376. The maximum atomic E-state index is 12.4. The number of carbonyl (C=O) groups is 3. The fourth-order valence-electron chi connectivity index (χ4n) is 3.07. The number of fused-ring (bicyclic) bond motifs is 1. The first-order valence-electron chi connectivity index (χ1n) is 8.39. The van der Waals surface area contributed by atoms with Gasteiger partial charge in [-0.15, -0.1) is 12.4 Å². The highest BCUT2D eigenvalue weighted by atomic mass is 35.5. The van der Waals surface area contributed by atoms with E-state index in [1.807, 2.05) is 0 Å². The third-order valence-electron chi connectivity index (χ3n) is 4.50. The molecule has 142 valence electrons. The molecule has 1 aromatic rings. The van der Waals surface area contributed by atoms with E-state index in [1.165, 1.54) is 4.90 Å². The molecule has 0 aliphatic carbocycles. The molecule has 3 amide bonds. The van der Waals surface area contributed by atoms with E-state index in [2.05, 4.69) is 16.0 Å². The quantitative estimate of drug-likeness (QED) is 0.567. The fraction of sp³-hybridized carbons (Fsp3) is 0.471. The summed E-state index contributed by atoms with van der Waals surface area (Å²) < 4.78 is 0. The Hall–Kier alpha value is -2.16. The molecule has 4 N–H and O–H groups in total. The lowest BCUT2D eigenvalue weighted by molar-refractivity contribution is -0.126. The summed E-state index contributed by atoms with van der Waals surface area (Å²) in [5, 5.41) is 18.2. The van der Waals surface area contributed by atoms with Gasteiger partial charge in [-0.05, 0) is 12.1 Å². The lowest BCUT2D eigenvalue weighted by Crippen LogP contribution is -2.42. The van der Waals surface area contributed by atoms with Gasteiger partial charge in [0.2, 0.25) is 17.7 Å². The monoisotopic (exact) mass is 382 g/mol. The van der Waals surface area contributed by atoms with Crippen molar-refractivity contribution < 1.29 is 19.5 Å². The van der Waals surface area contributed by atoms with E-state index in [1.54, 1.807) is 24.3 Å². The second-order valence-electron chi connectivity index (χ2n) is 6.33. The van der Waals surface area contributed by atoms with Gasteiger partial charge in [0.15, 0.2) is 0 Å². The van der Waals surface area contributed by atoms with E-state index < -0.39 is 6.10 Å². The van der Waals surface area contributed by atoms with Crippen LogP contribution >= 0.6 is 12.4 Å². The molecular formula is C17H23ClN4O4. The molecule has 1 fully saturated rings. The molecule has 2 atom stereocenters. The molecular weight excluding hydrogens is 360 g/mol. The van der Waals surface area contributed by atoms with Crippen LogP contribution in [0.4, 0.5) is 11.4 Å². The molecule has 26 heavy (non-hydrogen) atoms. The Labute approximate surface area is 157 Å². The van der Waals surface area contributed by atoms with Crippen molar-refractivity contribution >= 4 is 41.5 Å². The zero-order chi connectivity index (χ0) is 17.8. The summed E-state index contributed by atoms with van der Waals surface area (Å²) in [4.78, 5) is 37.5. The SMILES string of the molecule is Cl.O=C(CCC(=O)N1CC(=O)Nc2ccccc21)NCC1CNCC1O. The van der Waals surface area contributed by atoms with Gasteiger partial charge in [0.05, 0.1) is 17.5 Å². The van der Waals surface area contributed by atoms with Gasteiger partial charge in [-0.2, -0.15) is 0 Å². The van der Waals surface area contributed by atoms with Gasteiger partial charge in [0.1, 0.15) is 6.54 Å². The number of hydrogen-bond acceptors (Lipinski definition) is 5. The Kier molecular flexibility index (Phi) is 6.96. The van der Waals surface area contributed by atoms with Crippen molar-refractivity contribution in [2.75, 3.05) is 36.4 Å². The van der Waals surface area contributed by atoms with Crippen LogP contribution in [0.2, 0.25) is 0 Å². The summed E-state index contributed by atoms with van der Waals surface area (Å²) in [5.41, 5.74) is 1.24. The number of β-amino-alcohol motifs (C(OH)–C–C–N with tert-alkyl or cyclic N) is 1. The Morgan fingerprint density at radius 1 is 1.23 bits per heavy atom. The van der Waals surface area contributed by atoms with Gasteiger partial charge >= 0.3 is 0 Å². The molecule has 0 aromatic heterocycles. The zero-order valence-corrected chi connectivity index (χ0v) is 15.1. The van der Waals surface area contributed by atoms with Crippen molar-refractivity contribution in [2.24, 2.45) is 5.92 Å². The van der Waals surface area contributed by atoms with Crippen LogP contribution in [0.1, 0.15) is 12.8 Å². The molecule has 2 heterocycles. The first-order valence-corrected chi connectivity index (χ1v) is 8.39. The second kappa shape index (κ2) is 8.98. The van der Waals surface area contributed by atoms with Crippen molar-refractivity contribution in [3.8, 4) is 0 Å². The smallest absolute Gasteiger partial charge is 0.244 e. The predicted molar refractivity (Wildman–Crippen MR) is 99.3 cm³/mol. The third-order valence-corrected chi connectivity index (χ3v) is 4.50. The molecule has 1 aromatic carbocycles. The van der Waals surface area contributed by atoms with Crippen molar-refractivity contribution in [1.82, 2.24) is 10.6 Å². The number of nitrogens with zero attached hydrogens (tertiary/aromatic N) is 1. The van der Waals surface area contributed by atoms with Crippen LogP contribution in [0.25, 0.3) is 0 Å². The van der Waals surface area contributed by atoms with Crippen molar-refractivity contribution in [2.45, 2.75) is 18.9 Å². The maximum Gasteiger partial charge on any atom is 0.244 e. The second-order valence-corrected chi connectivity index (χ2v) is 6.33. The van der Waals surface area contributed by atoms with E-state index in [4.69, 9.17) is 0 Å². The number of carbonyl (C=O) groups excluding carboxylic acids is 3. The van der Waals surface area contributed by atoms with E-state index in [-0.39, 0.29) is 55.4 Å². The highest BCUT2D eigenvalue weighted by Crippen LogP contribution is 2.29. The normalized spacial score (nSPS) is 21.4. The van der Waals surface area contributed by atoms with Gasteiger partial charge in [-0.25, -0.2) is 0 Å². The minimum atomic E-state index is -0.453. The molecule has 3 rings (SSSR count). The summed E-state index contributed by atoms with van der Waals surface area (Å²) in [5.74, 6) is -0.751. The standard InChI is InChI=1S/C17H22N4O4.ClH/c22-14-9-18-7-11(14)8-19-15(23)5-6-17(25)21-10-16(24)20-12-3-1-2-4-13(12)21;/h1-4,11,14,18,22H,5-10H2,(H,19,23)(H,20,24);1H. The van der Waals surface area contributed by atoms with Gasteiger partial charge in [0.25, 0.3) is 0 Å². The van der Waals surface area contributed by atoms with Crippen LogP contribution in [0.15, 0.2) is 24.3 Å². The number of anilines is 2. The van der Waals surface area contributed by atoms with Crippen LogP contribution in [0, 0.1) is 5.92 Å². The number of benzene rings is 1. The first kappa shape index (κ1) is 20.2. The van der Waals surface area contributed by atoms with Crippen LogP contribution in [0.5, 0.6) is 0 Å². The minimum absolute atomic E-state index is 0. The molecule has 0 saturated carbocycles. The van der Waals surface area contributed by atoms with E-state index in [0.717, 1.165) is 0 Å². The average Bonchev–Trinajstić information content (AvgIpc) is 3.02. The molecule has 9 heteroatoms. The minimum Gasteiger partial charge on any atom is -0.391 e. The van der Waals surface area contributed by atoms with Crippen molar-refractivity contribution in [1.29, 1.82) is 0 Å². The van der Waals surface area contributed by atoms with Crippen LogP contribution in [0.3, 0.4) is 0 Å². The third kappa shape index (κ3) is 4.72. The number of halogens is 1. The molecule has 2 aliphatic rings. The maximum absolute atomic E-state index is 12.4. The highest BCUT2D eigenvalue weighted by molar-refractivity contribution is 6.10. The molecule has 8 nitrogen and oxygen atoms in total. The number of hydrogen-bond donors (Lipinski definition) is 4. The van der Waals surface area contributed by atoms with Crippen molar-refractivity contribution in [3.05, 3.63) is 24.3 Å². The van der Waals surface area contributed by atoms with Crippen LogP contribution in [-0.4, -0.2) is 55.1 Å². The van der Waals surface area contributed by atoms with Crippen LogP contribution < -0.4 is 20.9 Å². The van der Waals surface area contributed by atoms with Crippen molar-refractivity contribution in [3.63, 3.8) is 0 Å². The predicted octanol–water partition coefficient (Wildman–Crippen LogP) is -0.130. The molecule has 2 unspecified atom stereocenters. The molecule has 0 spiro atoms. The lowest BCUT2D eigenvalue weighted by atomic mass is 10.1. The van der Waals surface area contributed by atoms with E-state index >= 15 is 0 Å². The molecule has 0 bridgehead atoms. The number of para-hydroxylation sites is 2. The highest BCUT2D eigenvalue weighted by Gasteiger charge is 2.27. The van der Waals surface area contributed by atoms with Gasteiger partial charge < -0.3 is 26.0 Å². The number of rotatable bonds is 5. The molecule has 0 radical (unpaired) electrons. The summed E-state index contributed by atoms with van der Waals surface area (Å²) in [7, 11) is 0. The number of amides is 3. The average molecular weight is 383 g/mol.